The largest absolute Gasteiger partial charge is 0.494 e. The number of nitrogens with one attached hydrogen (secondary N) is 3. The molecule has 1 heterocycles. The van der Waals surface area contributed by atoms with Crippen LogP contribution >= 0.6 is 11.8 Å². The molecule has 0 spiro atoms. The number of thioether (sulfide) groups is 1. The fourth-order valence-corrected chi connectivity index (χ4v) is 5.71. The first-order valence-electron chi connectivity index (χ1n) is 11.0. The molecular weight excluding hydrogens is 474 g/mol. The van der Waals surface area contributed by atoms with Crippen molar-refractivity contribution in [3.63, 3.8) is 0 Å². The predicted octanol–water partition coefficient (Wildman–Crippen LogP) is 2.90. The van der Waals surface area contributed by atoms with Crippen molar-refractivity contribution in [1.82, 2.24) is 10.6 Å². The molecule has 1 aliphatic rings. The first kappa shape index (κ1) is 26.1. The standard InChI is InChI=1S/C24H31N3O5S2/c1-5-32-18-10-8-17(9-11-18)26-21(28)15-33-23-25-14-20(22(29)27-23)34(30,31)19-12-6-16(7-13-19)24(2,3)4/h6-13,20,23,25H,5,14-15H2,1-4H3,(H,26,28)(H,27,29). The van der Waals surface area contributed by atoms with E-state index in [1.807, 2.05) is 27.7 Å². The SMILES string of the molecule is CCOc1ccc(NC(=O)CSC2NCC(S(=O)(=O)c3ccc(C(C)(C)C)cc3)C(=O)N2)cc1. The lowest BCUT2D eigenvalue weighted by Crippen LogP contribution is -2.59. The molecule has 0 saturated carbocycles. The quantitative estimate of drug-likeness (QED) is 0.506. The molecule has 2 unspecified atom stereocenters. The van der Waals surface area contributed by atoms with Crippen LogP contribution in [0.1, 0.15) is 33.3 Å². The summed E-state index contributed by atoms with van der Waals surface area (Å²) in [4.78, 5) is 25.0. The van der Waals surface area contributed by atoms with Crippen molar-refractivity contribution in [3.05, 3.63) is 54.1 Å². The van der Waals surface area contributed by atoms with Crippen molar-refractivity contribution in [2.45, 2.75) is 48.8 Å². The average Bonchev–Trinajstić information content (AvgIpc) is 2.78. The molecule has 1 fully saturated rings. The smallest absolute Gasteiger partial charge is 0.241 e. The Morgan fingerprint density at radius 1 is 1.12 bits per heavy atom. The van der Waals surface area contributed by atoms with Crippen molar-refractivity contribution < 1.29 is 22.7 Å². The van der Waals surface area contributed by atoms with E-state index in [0.717, 1.165) is 11.3 Å². The Bertz CT molecular complexity index is 1110. The van der Waals surface area contributed by atoms with Crippen molar-refractivity contribution in [3.8, 4) is 5.75 Å². The highest BCUT2D eigenvalue weighted by atomic mass is 32.2. The minimum atomic E-state index is -3.85. The van der Waals surface area contributed by atoms with Crippen LogP contribution < -0.4 is 20.7 Å². The maximum Gasteiger partial charge on any atom is 0.241 e. The molecule has 34 heavy (non-hydrogen) atoms. The van der Waals surface area contributed by atoms with Gasteiger partial charge in [-0.15, -0.1) is 11.8 Å². The van der Waals surface area contributed by atoms with E-state index in [9.17, 15) is 18.0 Å². The van der Waals surface area contributed by atoms with Crippen molar-refractivity contribution in [1.29, 1.82) is 0 Å². The molecule has 2 aromatic rings. The topological polar surface area (TPSA) is 114 Å². The Hall–Kier alpha value is -2.56. The minimum Gasteiger partial charge on any atom is -0.494 e. The number of hydrogen-bond donors (Lipinski definition) is 3. The second-order valence-corrected chi connectivity index (χ2v) is 12.1. The Balaban J connectivity index is 1.52. The molecule has 1 aliphatic heterocycles. The van der Waals surface area contributed by atoms with Crippen LogP contribution in [0.5, 0.6) is 5.75 Å². The summed E-state index contributed by atoms with van der Waals surface area (Å²) in [6.07, 6.45) is 0. The molecule has 3 N–H and O–H groups in total. The van der Waals surface area contributed by atoms with Gasteiger partial charge in [0.1, 0.15) is 11.2 Å². The second-order valence-electron chi connectivity index (χ2n) is 8.92. The summed E-state index contributed by atoms with van der Waals surface area (Å²) in [5.74, 6) is -0.0165. The van der Waals surface area contributed by atoms with E-state index in [2.05, 4.69) is 16.0 Å². The maximum absolute atomic E-state index is 13.0. The van der Waals surface area contributed by atoms with Crippen molar-refractivity contribution in [2.75, 3.05) is 24.2 Å². The highest BCUT2D eigenvalue weighted by Crippen LogP contribution is 2.26. The van der Waals surface area contributed by atoms with Gasteiger partial charge in [0.25, 0.3) is 0 Å². The molecule has 3 rings (SSSR count). The highest BCUT2D eigenvalue weighted by Gasteiger charge is 2.38. The van der Waals surface area contributed by atoms with Gasteiger partial charge >= 0.3 is 0 Å². The van der Waals surface area contributed by atoms with Crippen LogP contribution in [0.2, 0.25) is 0 Å². The summed E-state index contributed by atoms with van der Waals surface area (Å²) in [6, 6.07) is 13.7. The number of sulfone groups is 1. The number of rotatable bonds is 8. The zero-order chi connectivity index (χ0) is 24.9. The molecule has 2 atom stereocenters. The van der Waals surface area contributed by atoms with Crippen LogP contribution in [0.4, 0.5) is 5.69 Å². The molecule has 0 radical (unpaired) electrons. The van der Waals surface area contributed by atoms with Crippen LogP contribution in [-0.4, -0.2) is 49.9 Å². The summed E-state index contributed by atoms with van der Waals surface area (Å²) in [5, 5.41) is 7.21. The number of anilines is 1. The highest BCUT2D eigenvalue weighted by molar-refractivity contribution is 8.00. The van der Waals surface area contributed by atoms with E-state index in [-0.39, 0.29) is 28.5 Å². The molecule has 2 aromatic carbocycles. The van der Waals surface area contributed by atoms with E-state index < -0.39 is 26.5 Å². The Morgan fingerprint density at radius 2 is 1.76 bits per heavy atom. The molecule has 0 aliphatic carbocycles. The van der Waals surface area contributed by atoms with E-state index in [1.54, 1.807) is 48.5 Å². The number of amides is 2. The number of carbonyl (C=O) groups excluding carboxylic acids is 2. The van der Waals surface area contributed by atoms with E-state index in [4.69, 9.17) is 4.74 Å². The molecule has 0 bridgehead atoms. The maximum atomic E-state index is 13.0. The van der Waals surface area contributed by atoms with Gasteiger partial charge in [0.2, 0.25) is 11.8 Å². The summed E-state index contributed by atoms with van der Waals surface area (Å²) in [6.45, 7) is 8.57. The van der Waals surface area contributed by atoms with E-state index in [1.165, 1.54) is 11.8 Å². The zero-order valence-corrected chi connectivity index (χ0v) is 21.4. The normalized spacial score (nSPS) is 18.8. The summed E-state index contributed by atoms with van der Waals surface area (Å²) >= 11 is 1.18. The second kappa shape index (κ2) is 10.8. The molecule has 1 saturated heterocycles. The van der Waals surface area contributed by atoms with Gasteiger partial charge in [-0.1, -0.05) is 32.9 Å². The van der Waals surface area contributed by atoms with Gasteiger partial charge in [0.05, 0.1) is 17.3 Å². The predicted molar refractivity (Wildman–Crippen MR) is 135 cm³/mol. The Labute approximate surface area is 205 Å². The zero-order valence-electron chi connectivity index (χ0n) is 19.8. The molecule has 10 heteroatoms. The van der Waals surface area contributed by atoms with E-state index in [0.29, 0.717) is 12.3 Å². The third kappa shape index (κ3) is 6.52. The fraction of sp³-hybridized carbons (Fsp3) is 0.417. The lowest BCUT2D eigenvalue weighted by atomic mass is 9.87. The summed E-state index contributed by atoms with van der Waals surface area (Å²) in [7, 11) is -3.85. The first-order chi connectivity index (χ1) is 16.0. The number of benzene rings is 2. The van der Waals surface area contributed by atoms with Gasteiger partial charge in [-0.05, 0) is 54.3 Å². The number of ether oxygens (including phenoxy) is 1. The number of hydrogen-bond acceptors (Lipinski definition) is 7. The molecule has 8 nitrogen and oxygen atoms in total. The Morgan fingerprint density at radius 3 is 2.32 bits per heavy atom. The fourth-order valence-electron chi connectivity index (χ4n) is 3.40. The van der Waals surface area contributed by atoms with Crippen LogP contribution in [-0.2, 0) is 24.8 Å². The molecule has 0 aromatic heterocycles. The molecule has 184 valence electrons. The lowest BCUT2D eigenvalue weighted by Gasteiger charge is -2.29. The van der Waals surface area contributed by atoms with Gasteiger partial charge in [-0.3, -0.25) is 14.9 Å². The third-order valence-corrected chi connectivity index (χ3v) is 8.41. The monoisotopic (exact) mass is 505 g/mol. The van der Waals surface area contributed by atoms with Crippen molar-refractivity contribution >= 4 is 39.1 Å². The third-order valence-electron chi connectivity index (χ3n) is 5.31. The van der Waals surface area contributed by atoms with Crippen LogP contribution in [0.25, 0.3) is 0 Å². The molecular formula is C24H31N3O5S2. The number of carbonyl (C=O) groups is 2. The van der Waals surface area contributed by atoms with Crippen molar-refractivity contribution in [2.24, 2.45) is 0 Å². The molecule has 2 amide bonds. The van der Waals surface area contributed by atoms with Gasteiger partial charge in [-0.2, -0.15) is 0 Å². The lowest BCUT2D eigenvalue weighted by molar-refractivity contribution is -0.122. The van der Waals surface area contributed by atoms with Crippen LogP contribution in [0, 0.1) is 0 Å². The van der Waals surface area contributed by atoms with Gasteiger partial charge in [-0.25, -0.2) is 8.42 Å². The van der Waals surface area contributed by atoms with Crippen LogP contribution in [0.3, 0.4) is 0 Å². The van der Waals surface area contributed by atoms with Gasteiger partial charge < -0.3 is 15.4 Å². The average molecular weight is 506 g/mol. The summed E-state index contributed by atoms with van der Waals surface area (Å²) in [5.41, 5.74) is 0.986. The minimum absolute atomic E-state index is 0.0344. The van der Waals surface area contributed by atoms with Gasteiger partial charge in [0, 0.05) is 12.2 Å². The Kier molecular flexibility index (Phi) is 8.27. The van der Waals surface area contributed by atoms with Gasteiger partial charge in [0.15, 0.2) is 15.1 Å². The van der Waals surface area contributed by atoms with E-state index >= 15 is 0 Å². The summed E-state index contributed by atoms with van der Waals surface area (Å²) < 4.78 is 31.4. The van der Waals surface area contributed by atoms with Crippen LogP contribution in [0.15, 0.2) is 53.4 Å². The first-order valence-corrected chi connectivity index (χ1v) is 13.6.